The molecule has 0 fully saturated rings. The number of aldehydes is 1. The van der Waals surface area contributed by atoms with Crippen LogP contribution in [0.25, 0.3) is 11.1 Å². The van der Waals surface area contributed by atoms with Gasteiger partial charge in [0.25, 0.3) is 0 Å². The Morgan fingerprint density at radius 3 is 2.47 bits per heavy atom. The third-order valence-electron chi connectivity index (χ3n) is 2.39. The number of halogens is 3. The lowest BCUT2D eigenvalue weighted by Crippen LogP contribution is -1.92. The van der Waals surface area contributed by atoms with Crippen LogP contribution in [0, 0.1) is 5.82 Å². The average Bonchev–Trinajstić information content (AvgIpc) is 2.33. The Morgan fingerprint density at radius 2 is 1.76 bits per heavy atom. The van der Waals surface area contributed by atoms with E-state index in [9.17, 15) is 9.18 Å². The summed E-state index contributed by atoms with van der Waals surface area (Å²) in [5.74, 6) is -0.501. The maximum atomic E-state index is 13.8. The molecular formula is C13H7Cl2FO. The molecule has 4 heteroatoms. The molecule has 0 atom stereocenters. The van der Waals surface area contributed by atoms with Crippen molar-refractivity contribution in [3.63, 3.8) is 0 Å². The van der Waals surface area contributed by atoms with Gasteiger partial charge in [0.1, 0.15) is 5.82 Å². The highest BCUT2D eigenvalue weighted by atomic mass is 35.5. The fraction of sp³-hybridized carbons (Fsp3) is 0. The second kappa shape index (κ2) is 4.86. The summed E-state index contributed by atoms with van der Waals surface area (Å²) in [5, 5.41) is 0.562. The monoisotopic (exact) mass is 268 g/mol. The Labute approximate surface area is 108 Å². The zero-order valence-electron chi connectivity index (χ0n) is 8.58. The molecule has 0 aliphatic rings. The Morgan fingerprint density at radius 1 is 1.06 bits per heavy atom. The van der Waals surface area contributed by atoms with Crippen LogP contribution in [-0.2, 0) is 0 Å². The van der Waals surface area contributed by atoms with Gasteiger partial charge in [0, 0.05) is 16.7 Å². The van der Waals surface area contributed by atoms with E-state index in [-0.39, 0.29) is 16.1 Å². The maximum absolute atomic E-state index is 13.8. The zero-order chi connectivity index (χ0) is 12.4. The first-order valence-corrected chi connectivity index (χ1v) is 5.59. The van der Waals surface area contributed by atoms with Crippen molar-refractivity contribution in [3.05, 3.63) is 57.8 Å². The SMILES string of the molecule is O=Cc1cccc(F)c1-c1cccc(Cl)c1Cl. The van der Waals surface area contributed by atoms with Gasteiger partial charge in [-0.3, -0.25) is 4.79 Å². The van der Waals surface area contributed by atoms with Gasteiger partial charge < -0.3 is 0 Å². The Balaban J connectivity index is 2.76. The summed E-state index contributed by atoms with van der Waals surface area (Å²) in [6, 6.07) is 9.17. The van der Waals surface area contributed by atoms with E-state index in [1.165, 1.54) is 18.2 Å². The first-order valence-electron chi connectivity index (χ1n) is 4.83. The standard InChI is InChI=1S/C13H7Cl2FO/c14-10-5-2-4-9(13(10)15)12-8(7-17)3-1-6-11(12)16/h1-7H. The number of rotatable bonds is 2. The molecule has 1 nitrogen and oxygen atoms in total. The minimum Gasteiger partial charge on any atom is -0.298 e. The minimum atomic E-state index is -0.501. The first kappa shape index (κ1) is 12.1. The van der Waals surface area contributed by atoms with E-state index in [0.29, 0.717) is 16.9 Å². The lowest BCUT2D eigenvalue weighted by atomic mass is 10.00. The van der Waals surface area contributed by atoms with E-state index in [0.717, 1.165) is 0 Å². The molecule has 0 heterocycles. The molecule has 0 saturated carbocycles. The van der Waals surface area contributed by atoms with E-state index >= 15 is 0 Å². The van der Waals surface area contributed by atoms with Crippen LogP contribution >= 0.6 is 23.2 Å². The molecule has 0 saturated heterocycles. The second-order valence-electron chi connectivity index (χ2n) is 3.42. The molecule has 17 heavy (non-hydrogen) atoms. The van der Waals surface area contributed by atoms with Crippen molar-refractivity contribution in [3.8, 4) is 11.1 Å². The van der Waals surface area contributed by atoms with Gasteiger partial charge in [-0.15, -0.1) is 0 Å². The summed E-state index contributed by atoms with van der Waals surface area (Å²) in [6.45, 7) is 0. The van der Waals surface area contributed by atoms with Crippen molar-refractivity contribution in [1.29, 1.82) is 0 Å². The molecule has 2 aromatic rings. The molecule has 0 radical (unpaired) electrons. The molecule has 86 valence electrons. The fourth-order valence-corrected chi connectivity index (χ4v) is 2.02. The second-order valence-corrected chi connectivity index (χ2v) is 4.21. The van der Waals surface area contributed by atoms with Gasteiger partial charge in [-0.2, -0.15) is 0 Å². The van der Waals surface area contributed by atoms with Gasteiger partial charge in [0.05, 0.1) is 10.0 Å². The van der Waals surface area contributed by atoms with Crippen molar-refractivity contribution >= 4 is 29.5 Å². The highest BCUT2D eigenvalue weighted by molar-refractivity contribution is 6.43. The predicted molar refractivity (Wildman–Crippen MR) is 67.2 cm³/mol. The summed E-state index contributed by atoms with van der Waals surface area (Å²) in [4.78, 5) is 10.9. The number of benzene rings is 2. The molecule has 0 bridgehead atoms. The lowest BCUT2D eigenvalue weighted by molar-refractivity contribution is 0.112. The number of carbonyl (C=O) groups excluding carboxylic acids is 1. The smallest absolute Gasteiger partial charge is 0.150 e. The molecule has 0 spiro atoms. The van der Waals surface area contributed by atoms with Crippen molar-refractivity contribution in [2.45, 2.75) is 0 Å². The molecular weight excluding hydrogens is 262 g/mol. The molecule has 0 aromatic heterocycles. The lowest BCUT2D eigenvalue weighted by Gasteiger charge is -2.09. The summed E-state index contributed by atoms with van der Waals surface area (Å²) in [7, 11) is 0. The first-order chi connectivity index (χ1) is 8.15. The van der Waals surface area contributed by atoms with E-state index in [2.05, 4.69) is 0 Å². The number of hydrogen-bond donors (Lipinski definition) is 0. The maximum Gasteiger partial charge on any atom is 0.150 e. The third kappa shape index (κ3) is 2.19. The van der Waals surface area contributed by atoms with Crippen LogP contribution < -0.4 is 0 Å². The van der Waals surface area contributed by atoms with Gasteiger partial charge in [-0.05, 0) is 12.1 Å². The summed E-state index contributed by atoms with van der Waals surface area (Å²) < 4.78 is 13.8. The van der Waals surface area contributed by atoms with Crippen LogP contribution in [-0.4, -0.2) is 6.29 Å². The zero-order valence-corrected chi connectivity index (χ0v) is 10.1. The van der Waals surface area contributed by atoms with Crippen LogP contribution in [0.2, 0.25) is 10.0 Å². The Bertz CT molecular complexity index is 582. The molecule has 0 unspecified atom stereocenters. The fourth-order valence-electron chi connectivity index (χ4n) is 1.62. The van der Waals surface area contributed by atoms with E-state index in [1.807, 2.05) is 0 Å². The molecule has 0 aliphatic carbocycles. The van der Waals surface area contributed by atoms with Gasteiger partial charge >= 0.3 is 0 Å². The van der Waals surface area contributed by atoms with Gasteiger partial charge in [-0.1, -0.05) is 47.5 Å². The van der Waals surface area contributed by atoms with Crippen molar-refractivity contribution in [2.24, 2.45) is 0 Å². The largest absolute Gasteiger partial charge is 0.298 e. The normalized spacial score (nSPS) is 10.3. The van der Waals surface area contributed by atoms with Crippen LogP contribution in [0.3, 0.4) is 0 Å². The summed E-state index contributed by atoms with van der Waals surface area (Å²) in [5.41, 5.74) is 0.837. The molecule has 0 amide bonds. The minimum absolute atomic E-state index is 0.176. The number of hydrogen-bond acceptors (Lipinski definition) is 1. The van der Waals surface area contributed by atoms with Crippen molar-refractivity contribution in [1.82, 2.24) is 0 Å². The Hall–Kier alpha value is -1.38. The summed E-state index contributed by atoms with van der Waals surface area (Å²) >= 11 is 11.9. The van der Waals surface area contributed by atoms with Crippen molar-refractivity contribution in [2.75, 3.05) is 0 Å². The number of carbonyl (C=O) groups is 1. The highest BCUT2D eigenvalue weighted by Crippen LogP contribution is 2.36. The van der Waals surface area contributed by atoms with Gasteiger partial charge in [0.15, 0.2) is 6.29 Å². The van der Waals surface area contributed by atoms with E-state index < -0.39 is 5.82 Å². The molecule has 0 aliphatic heterocycles. The average molecular weight is 269 g/mol. The summed E-state index contributed by atoms with van der Waals surface area (Å²) in [6.07, 6.45) is 0.593. The molecule has 0 N–H and O–H groups in total. The quantitative estimate of drug-likeness (QED) is 0.727. The topological polar surface area (TPSA) is 17.1 Å². The molecule has 2 rings (SSSR count). The predicted octanol–water partition coefficient (Wildman–Crippen LogP) is 4.61. The van der Waals surface area contributed by atoms with E-state index in [1.54, 1.807) is 18.2 Å². The Kier molecular flexibility index (Phi) is 3.46. The van der Waals surface area contributed by atoms with Crippen LogP contribution in [0.4, 0.5) is 4.39 Å². The van der Waals surface area contributed by atoms with Gasteiger partial charge in [-0.25, -0.2) is 4.39 Å². The van der Waals surface area contributed by atoms with E-state index in [4.69, 9.17) is 23.2 Å². The highest BCUT2D eigenvalue weighted by Gasteiger charge is 2.14. The van der Waals surface area contributed by atoms with Crippen LogP contribution in [0.1, 0.15) is 10.4 Å². The third-order valence-corrected chi connectivity index (χ3v) is 3.21. The van der Waals surface area contributed by atoms with Crippen LogP contribution in [0.5, 0.6) is 0 Å². The molecule has 2 aromatic carbocycles. The van der Waals surface area contributed by atoms with Crippen LogP contribution in [0.15, 0.2) is 36.4 Å². The van der Waals surface area contributed by atoms with Gasteiger partial charge in [0.2, 0.25) is 0 Å². The van der Waals surface area contributed by atoms with Crippen molar-refractivity contribution < 1.29 is 9.18 Å².